The van der Waals surface area contributed by atoms with Crippen molar-refractivity contribution in [3.8, 4) is 5.75 Å². The SMILES string of the molecule is COc1ccccc1C1c2[nH]c3ccccc3c2CC2C(=O)N(c3cccc(F)c3)C(=S)N21. The number of carbonyl (C=O) groups is 1. The van der Waals surface area contributed by atoms with Gasteiger partial charge in [-0.2, -0.15) is 0 Å². The number of fused-ring (bicyclic) bond motifs is 4. The van der Waals surface area contributed by atoms with Crippen LogP contribution in [0.5, 0.6) is 5.75 Å². The molecule has 2 aliphatic rings. The lowest BCUT2D eigenvalue weighted by Crippen LogP contribution is -2.44. The number of para-hydroxylation sites is 2. The summed E-state index contributed by atoms with van der Waals surface area (Å²) in [4.78, 5) is 20.7. The molecule has 5 nitrogen and oxygen atoms in total. The fraction of sp³-hybridized carbons (Fsp3) is 0.154. The number of hydrogen-bond acceptors (Lipinski definition) is 3. The molecule has 6 rings (SSSR count). The number of methoxy groups -OCH3 is 1. The molecule has 0 radical (unpaired) electrons. The maximum Gasteiger partial charge on any atom is 0.256 e. The molecule has 33 heavy (non-hydrogen) atoms. The van der Waals surface area contributed by atoms with Gasteiger partial charge in [0.25, 0.3) is 5.91 Å². The zero-order valence-electron chi connectivity index (χ0n) is 17.8. The van der Waals surface area contributed by atoms with Gasteiger partial charge in [-0.25, -0.2) is 4.39 Å². The molecule has 3 heterocycles. The van der Waals surface area contributed by atoms with Crippen LogP contribution in [0.2, 0.25) is 0 Å². The Morgan fingerprint density at radius 3 is 2.67 bits per heavy atom. The third kappa shape index (κ3) is 2.89. The van der Waals surface area contributed by atoms with Gasteiger partial charge in [0.05, 0.1) is 12.8 Å². The van der Waals surface area contributed by atoms with Crippen LogP contribution in [0.15, 0.2) is 72.8 Å². The molecule has 2 unspecified atom stereocenters. The van der Waals surface area contributed by atoms with Crippen molar-refractivity contribution in [2.24, 2.45) is 0 Å². The van der Waals surface area contributed by atoms with Crippen molar-refractivity contribution in [2.45, 2.75) is 18.5 Å². The van der Waals surface area contributed by atoms with E-state index >= 15 is 0 Å². The van der Waals surface area contributed by atoms with E-state index in [0.717, 1.165) is 27.7 Å². The Balaban J connectivity index is 1.57. The molecule has 2 aliphatic heterocycles. The topological polar surface area (TPSA) is 48.6 Å². The Bertz CT molecular complexity index is 1430. The number of rotatable bonds is 3. The number of aromatic nitrogens is 1. The smallest absolute Gasteiger partial charge is 0.256 e. The molecule has 1 aromatic heterocycles. The van der Waals surface area contributed by atoms with Crippen LogP contribution in [0, 0.1) is 5.82 Å². The number of thiocarbonyl (C=S) groups is 1. The van der Waals surface area contributed by atoms with Crippen molar-refractivity contribution in [1.82, 2.24) is 9.88 Å². The fourth-order valence-corrected chi connectivity index (χ4v) is 5.57. The minimum absolute atomic E-state index is 0.151. The maximum atomic E-state index is 14.0. The average molecular weight is 458 g/mol. The second-order valence-corrected chi connectivity index (χ2v) is 8.64. The van der Waals surface area contributed by atoms with Gasteiger partial charge in [-0.05, 0) is 48.1 Å². The van der Waals surface area contributed by atoms with E-state index in [2.05, 4.69) is 11.1 Å². The lowest BCUT2D eigenvalue weighted by Gasteiger charge is -2.37. The third-order valence-electron chi connectivity index (χ3n) is 6.55. The first kappa shape index (κ1) is 19.9. The number of benzene rings is 3. The van der Waals surface area contributed by atoms with Gasteiger partial charge in [-0.3, -0.25) is 9.69 Å². The molecule has 7 heteroatoms. The van der Waals surface area contributed by atoms with Crippen molar-refractivity contribution in [1.29, 1.82) is 0 Å². The first-order valence-electron chi connectivity index (χ1n) is 10.7. The van der Waals surface area contributed by atoms with E-state index in [1.807, 2.05) is 47.4 Å². The van der Waals surface area contributed by atoms with E-state index in [4.69, 9.17) is 17.0 Å². The molecule has 1 amide bonds. The van der Waals surface area contributed by atoms with Crippen LogP contribution in [-0.2, 0) is 11.2 Å². The predicted octanol–water partition coefficient (Wildman–Crippen LogP) is 4.96. The van der Waals surface area contributed by atoms with Gasteiger partial charge in [0.2, 0.25) is 0 Å². The molecule has 1 N–H and O–H groups in total. The number of carbonyl (C=O) groups excluding carboxylic acids is 1. The summed E-state index contributed by atoms with van der Waals surface area (Å²) >= 11 is 5.86. The number of nitrogens with zero attached hydrogens (tertiary/aromatic N) is 2. The van der Waals surface area contributed by atoms with E-state index in [0.29, 0.717) is 23.0 Å². The van der Waals surface area contributed by atoms with Crippen molar-refractivity contribution in [3.05, 3.63) is 95.4 Å². The first-order chi connectivity index (χ1) is 16.1. The number of nitrogens with one attached hydrogen (secondary N) is 1. The number of aromatic amines is 1. The largest absolute Gasteiger partial charge is 0.496 e. The summed E-state index contributed by atoms with van der Waals surface area (Å²) in [5.74, 6) is 0.152. The summed E-state index contributed by atoms with van der Waals surface area (Å²) in [7, 11) is 1.64. The van der Waals surface area contributed by atoms with Crippen LogP contribution in [0.3, 0.4) is 0 Å². The summed E-state index contributed by atoms with van der Waals surface area (Å²) in [5, 5.41) is 1.45. The minimum Gasteiger partial charge on any atom is -0.496 e. The number of amides is 1. The molecule has 1 saturated heterocycles. The highest BCUT2D eigenvalue weighted by atomic mass is 32.1. The Labute approximate surface area is 195 Å². The summed E-state index contributed by atoms with van der Waals surface area (Å²) in [6.45, 7) is 0. The Kier molecular flexibility index (Phi) is 4.48. The standard InChI is InChI=1S/C26H20FN3O2S/c1-32-22-12-5-3-10-18(22)24-23-19(17-9-2-4-11-20(17)28-23)14-21-25(31)29(26(33)30(21)24)16-8-6-7-15(27)13-16/h2-13,21,24,28H,14H2,1H3. The summed E-state index contributed by atoms with van der Waals surface area (Å²) in [6.07, 6.45) is 0.510. The second-order valence-electron chi connectivity index (χ2n) is 8.27. The molecule has 1 fully saturated rings. The number of halogens is 1. The van der Waals surface area contributed by atoms with E-state index < -0.39 is 11.9 Å². The molecule has 0 bridgehead atoms. The van der Waals surface area contributed by atoms with Crippen molar-refractivity contribution < 1.29 is 13.9 Å². The predicted molar refractivity (Wildman–Crippen MR) is 129 cm³/mol. The van der Waals surface area contributed by atoms with Gasteiger partial charge >= 0.3 is 0 Å². The summed E-state index contributed by atoms with van der Waals surface area (Å²) in [5.41, 5.74) is 4.46. The van der Waals surface area contributed by atoms with E-state index in [9.17, 15) is 9.18 Å². The second kappa shape index (κ2) is 7.42. The zero-order valence-corrected chi connectivity index (χ0v) is 18.6. The lowest BCUT2D eigenvalue weighted by molar-refractivity contribution is -0.120. The van der Waals surface area contributed by atoms with Crippen molar-refractivity contribution >= 4 is 39.8 Å². The number of anilines is 1. The third-order valence-corrected chi connectivity index (χ3v) is 6.94. The lowest BCUT2D eigenvalue weighted by atomic mass is 9.88. The Morgan fingerprint density at radius 1 is 1.06 bits per heavy atom. The molecule has 4 aromatic rings. The fourth-order valence-electron chi connectivity index (χ4n) is 5.14. The van der Waals surface area contributed by atoms with Gasteiger partial charge < -0.3 is 14.6 Å². The van der Waals surface area contributed by atoms with Gasteiger partial charge in [-0.1, -0.05) is 42.5 Å². The van der Waals surface area contributed by atoms with Crippen LogP contribution in [0.4, 0.5) is 10.1 Å². The summed E-state index contributed by atoms with van der Waals surface area (Å²) < 4.78 is 19.7. The molecule has 164 valence electrons. The van der Waals surface area contributed by atoms with Gasteiger partial charge in [0.15, 0.2) is 5.11 Å². The maximum absolute atomic E-state index is 14.0. The first-order valence-corrected chi connectivity index (χ1v) is 11.1. The van der Waals surface area contributed by atoms with Crippen LogP contribution in [0.25, 0.3) is 10.9 Å². The van der Waals surface area contributed by atoms with Crippen LogP contribution in [-0.4, -0.2) is 34.1 Å². The monoisotopic (exact) mass is 457 g/mol. The van der Waals surface area contributed by atoms with E-state index in [1.54, 1.807) is 19.2 Å². The molecule has 2 atom stereocenters. The highest BCUT2D eigenvalue weighted by Crippen LogP contribution is 2.46. The number of H-pyrrole nitrogens is 1. The molecule has 0 spiro atoms. The molecule has 0 saturated carbocycles. The number of hydrogen-bond donors (Lipinski definition) is 1. The van der Waals surface area contributed by atoms with Crippen LogP contribution < -0.4 is 9.64 Å². The van der Waals surface area contributed by atoms with Gasteiger partial charge in [-0.15, -0.1) is 0 Å². The molecular weight excluding hydrogens is 437 g/mol. The normalized spacial score (nSPS) is 19.7. The van der Waals surface area contributed by atoms with E-state index in [1.165, 1.54) is 17.0 Å². The Hall–Kier alpha value is -3.71. The van der Waals surface area contributed by atoms with Crippen LogP contribution in [0.1, 0.15) is 22.9 Å². The highest BCUT2D eigenvalue weighted by molar-refractivity contribution is 7.80. The Morgan fingerprint density at radius 2 is 1.85 bits per heavy atom. The summed E-state index contributed by atoms with van der Waals surface area (Å²) in [6, 6.07) is 21.0. The van der Waals surface area contributed by atoms with Crippen molar-refractivity contribution in [3.63, 3.8) is 0 Å². The average Bonchev–Trinajstić information content (AvgIpc) is 3.32. The van der Waals surface area contributed by atoms with Crippen molar-refractivity contribution in [2.75, 3.05) is 12.0 Å². The number of ether oxygens (including phenoxy) is 1. The zero-order chi connectivity index (χ0) is 22.7. The minimum atomic E-state index is -0.498. The quantitative estimate of drug-likeness (QED) is 0.442. The van der Waals surface area contributed by atoms with E-state index in [-0.39, 0.29) is 11.9 Å². The molecule has 3 aromatic carbocycles. The van der Waals surface area contributed by atoms with Gasteiger partial charge in [0, 0.05) is 28.6 Å². The van der Waals surface area contributed by atoms with Crippen LogP contribution >= 0.6 is 12.2 Å². The molecular formula is C26H20FN3O2S. The van der Waals surface area contributed by atoms with Gasteiger partial charge in [0.1, 0.15) is 23.7 Å². The highest BCUT2D eigenvalue weighted by Gasteiger charge is 2.51. The molecule has 0 aliphatic carbocycles.